The van der Waals surface area contributed by atoms with Gasteiger partial charge in [-0.05, 0) is 22.4 Å². The zero-order chi connectivity index (χ0) is 13.7. The molecule has 0 aliphatic rings. The van der Waals surface area contributed by atoms with Crippen LogP contribution in [0, 0.1) is 0 Å². The van der Waals surface area contributed by atoms with Crippen molar-refractivity contribution in [2.75, 3.05) is 0 Å². The second-order valence-electron chi connectivity index (χ2n) is 4.14. The quantitative estimate of drug-likeness (QED) is 0.787. The molecule has 0 unspecified atom stereocenters. The number of unbranched alkanes of at least 4 members (excludes halogenated alkanes) is 3. The van der Waals surface area contributed by atoms with E-state index in [-0.39, 0.29) is 0 Å². The van der Waals surface area contributed by atoms with E-state index in [0.717, 1.165) is 23.9 Å². The average molecular weight is 327 g/mol. The molecule has 2 aromatic rings. The number of hydrogen-bond donors (Lipinski definition) is 0. The highest BCUT2D eigenvalue weighted by Gasteiger charge is 2.16. The van der Waals surface area contributed by atoms with Crippen LogP contribution in [-0.2, 0) is 6.42 Å². The highest BCUT2D eigenvalue weighted by Crippen LogP contribution is 2.10. The van der Waals surface area contributed by atoms with Gasteiger partial charge in [-0.25, -0.2) is 14.8 Å². The summed E-state index contributed by atoms with van der Waals surface area (Å²) in [5.74, 6) is 0.663. The van der Waals surface area contributed by atoms with Gasteiger partial charge < -0.3 is 0 Å². The maximum absolute atomic E-state index is 12.0. The number of carbonyl (C=O) groups excluding carboxylic acids is 1. The summed E-state index contributed by atoms with van der Waals surface area (Å²) >= 11 is 3.23. The number of nitrogens with zero attached hydrogens (tertiary/aromatic N) is 6. The van der Waals surface area contributed by atoms with Gasteiger partial charge in [-0.1, -0.05) is 26.2 Å². The van der Waals surface area contributed by atoms with Crippen LogP contribution in [0.2, 0.25) is 0 Å². The van der Waals surface area contributed by atoms with Gasteiger partial charge in [0.1, 0.15) is 12.7 Å². The Morgan fingerprint density at radius 1 is 1.37 bits per heavy atom. The fraction of sp³-hybridized carbons (Fsp3) is 0.545. The fourth-order valence-electron chi connectivity index (χ4n) is 1.67. The lowest BCUT2D eigenvalue weighted by Crippen LogP contribution is -2.21. The Morgan fingerprint density at radius 2 is 2.21 bits per heavy atom. The molecule has 19 heavy (non-hydrogen) atoms. The van der Waals surface area contributed by atoms with Crippen LogP contribution in [-0.4, -0.2) is 35.6 Å². The molecule has 2 aromatic heterocycles. The Balaban J connectivity index is 2.02. The first-order valence-electron chi connectivity index (χ1n) is 6.23. The van der Waals surface area contributed by atoms with Crippen LogP contribution in [0.3, 0.4) is 0 Å². The molecule has 0 saturated heterocycles. The molecule has 0 N–H and O–H groups in total. The topological polar surface area (TPSA) is 78.5 Å². The number of rotatable bonds is 5. The fourth-order valence-corrected chi connectivity index (χ4v) is 2.11. The highest BCUT2D eigenvalue weighted by atomic mass is 79.9. The van der Waals surface area contributed by atoms with Crippen molar-refractivity contribution in [1.29, 1.82) is 0 Å². The second kappa shape index (κ2) is 6.55. The summed E-state index contributed by atoms with van der Waals surface area (Å²) in [7, 11) is 0. The molecule has 2 rings (SSSR count). The van der Waals surface area contributed by atoms with Gasteiger partial charge in [0, 0.05) is 6.42 Å². The standard InChI is InChI=1S/C11H15BrN6O/c1-2-3-4-5-6-9-15-10(12)18(16-9)11(19)17-8-13-7-14-17/h7-8H,2-6H2,1H3. The minimum atomic E-state index is -0.406. The molecule has 0 aliphatic carbocycles. The summed E-state index contributed by atoms with van der Waals surface area (Å²) < 4.78 is 2.68. The molecule has 0 aliphatic heterocycles. The molecule has 102 valence electrons. The van der Waals surface area contributed by atoms with E-state index in [4.69, 9.17) is 0 Å². The summed E-state index contributed by atoms with van der Waals surface area (Å²) in [6.07, 6.45) is 7.99. The molecule has 7 nitrogen and oxygen atoms in total. The van der Waals surface area contributed by atoms with E-state index in [1.807, 2.05) is 0 Å². The Labute approximate surface area is 119 Å². The van der Waals surface area contributed by atoms with E-state index < -0.39 is 6.03 Å². The zero-order valence-corrected chi connectivity index (χ0v) is 12.2. The Morgan fingerprint density at radius 3 is 2.89 bits per heavy atom. The van der Waals surface area contributed by atoms with E-state index in [2.05, 4.69) is 43.0 Å². The summed E-state index contributed by atoms with van der Waals surface area (Å²) in [5, 5.41) is 7.96. The lowest BCUT2D eigenvalue weighted by atomic mass is 10.1. The van der Waals surface area contributed by atoms with Gasteiger partial charge in [0.15, 0.2) is 5.82 Å². The van der Waals surface area contributed by atoms with Crippen molar-refractivity contribution >= 4 is 22.0 Å². The number of aromatic nitrogens is 6. The summed E-state index contributed by atoms with van der Waals surface area (Å²) in [6.45, 7) is 2.17. The number of carbonyl (C=O) groups is 1. The molecular formula is C11H15BrN6O. The molecule has 0 spiro atoms. The van der Waals surface area contributed by atoms with Gasteiger partial charge in [-0.3, -0.25) is 0 Å². The molecular weight excluding hydrogens is 312 g/mol. The monoisotopic (exact) mass is 326 g/mol. The van der Waals surface area contributed by atoms with E-state index in [1.165, 1.54) is 30.2 Å². The van der Waals surface area contributed by atoms with Crippen molar-refractivity contribution in [3.63, 3.8) is 0 Å². The minimum Gasteiger partial charge on any atom is -0.243 e. The predicted molar refractivity (Wildman–Crippen MR) is 71.8 cm³/mol. The molecule has 8 heteroatoms. The summed E-state index contributed by atoms with van der Waals surface area (Å²) in [5.41, 5.74) is 0. The van der Waals surface area contributed by atoms with E-state index in [9.17, 15) is 4.79 Å². The normalized spacial score (nSPS) is 10.8. The number of hydrogen-bond acceptors (Lipinski definition) is 5. The zero-order valence-electron chi connectivity index (χ0n) is 10.7. The van der Waals surface area contributed by atoms with Crippen molar-refractivity contribution in [3.05, 3.63) is 23.2 Å². The molecule has 0 bridgehead atoms. The van der Waals surface area contributed by atoms with Crippen LogP contribution < -0.4 is 0 Å². The van der Waals surface area contributed by atoms with Crippen molar-refractivity contribution in [3.8, 4) is 0 Å². The van der Waals surface area contributed by atoms with Crippen molar-refractivity contribution in [2.24, 2.45) is 0 Å². The largest absolute Gasteiger partial charge is 0.373 e. The molecule has 2 heterocycles. The molecule has 0 radical (unpaired) electrons. The predicted octanol–water partition coefficient (Wildman–Crippen LogP) is 2.27. The van der Waals surface area contributed by atoms with Crippen LogP contribution in [0.15, 0.2) is 17.4 Å². The van der Waals surface area contributed by atoms with Gasteiger partial charge in [-0.15, -0.1) is 5.10 Å². The third-order valence-corrected chi connectivity index (χ3v) is 3.17. The van der Waals surface area contributed by atoms with Gasteiger partial charge in [0.05, 0.1) is 0 Å². The lowest BCUT2D eigenvalue weighted by molar-refractivity contribution is 0.237. The van der Waals surface area contributed by atoms with Crippen LogP contribution >= 0.6 is 15.9 Å². The molecule has 0 amide bonds. The first kappa shape index (κ1) is 13.9. The van der Waals surface area contributed by atoms with Gasteiger partial charge in [-0.2, -0.15) is 14.5 Å². The Bertz CT molecular complexity index is 535. The first-order valence-corrected chi connectivity index (χ1v) is 7.02. The maximum atomic E-state index is 12.0. The van der Waals surface area contributed by atoms with Crippen molar-refractivity contribution in [1.82, 2.24) is 29.5 Å². The third-order valence-electron chi connectivity index (χ3n) is 2.66. The first-order chi connectivity index (χ1) is 9.22. The molecule has 0 saturated carbocycles. The van der Waals surface area contributed by atoms with E-state index in [1.54, 1.807) is 0 Å². The molecule has 0 atom stereocenters. The highest BCUT2D eigenvalue weighted by molar-refractivity contribution is 9.10. The number of halogens is 1. The van der Waals surface area contributed by atoms with E-state index >= 15 is 0 Å². The minimum absolute atomic E-state index is 0.387. The summed E-state index contributed by atoms with van der Waals surface area (Å²) in [6, 6.07) is -0.406. The molecule has 0 fully saturated rings. The smallest absolute Gasteiger partial charge is 0.243 e. The Hall–Kier alpha value is -1.57. The van der Waals surface area contributed by atoms with Gasteiger partial charge >= 0.3 is 6.03 Å². The van der Waals surface area contributed by atoms with Crippen LogP contribution in [0.4, 0.5) is 4.79 Å². The second-order valence-corrected chi connectivity index (χ2v) is 4.85. The van der Waals surface area contributed by atoms with Crippen LogP contribution in [0.25, 0.3) is 0 Å². The Kier molecular flexibility index (Phi) is 4.78. The SMILES string of the molecule is CCCCCCc1nc(Br)n(C(=O)n2cncn2)n1. The summed E-state index contributed by atoms with van der Waals surface area (Å²) in [4.78, 5) is 20.0. The molecule has 0 aromatic carbocycles. The van der Waals surface area contributed by atoms with Crippen LogP contribution in [0.5, 0.6) is 0 Å². The van der Waals surface area contributed by atoms with E-state index in [0.29, 0.717) is 10.6 Å². The lowest BCUT2D eigenvalue weighted by Gasteiger charge is -1.98. The van der Waals surface area contributed by atoms with Gasteiger partial charge in [0.25, 0.3) is 0 Å². The average Bonchev–Trinajstić information content (AvgIpc) is 3.03. The van der Waals surface area contributed by atoms with Crippen LogP contribution in [0.1, 0.15) is 38.4 Å². The number of aryl methyl sites for hydroxylation is 1. The van der Waals surface area contributed by atoms with Crippen molar-refractivity contribution in [2.45, 2.75) is 39.0 Å². The third kappa shape index (κ3) is 3.46. The van der Waals surface area contributed by atoms with Crippen molar-refractivity contribution < 1.29 is 4.79 Å². The maximum Gasteiger partial charge on any atom is 0.373 e. The van der Waals surface area contributed by atoms with Gasteiger partial charge in [0.2, 0.25) is 4.73 Å².